The number of rotatable bonds is 4. The molecule has 0 radical (unpaired) electrons. The minimum atomic E-state index is 0.650. The largest absolute Gasteiger partial charge is 0.383 e. The van der Waals surface area contributed by atoms with E-state index >= 15 is 0 Å². The molecule has 5 nitrogen and oxygen atoms in total. The van der Waals surface area contributed by atoms with Crippen LogP contribution in [0.4, 0.5) is 11.6 Å². The predicted molar refractivity (Wildman–Crippen MR) is 77.2 cm³/mol. The highest BCUT2D eigenvalue weighted by Crippen LogP contribution is 2.29. The van der Waals surface area contributed by atoms with E-state index in [1.54, 1.807) is 6.33 Å². The van der Waals surface area contributed by atoms with Crippen LogP contribution in [0.15, 0.2) is 6.33 Å². The first-order valence-electron chi connectivity index (χ1n) is 7.38. The Morgan fingerprint density at radius 1 is 1.21 bits per heavy atom. The Morgan fingerprint density at radius 3 is 2.58 bits per heavy atom. The van der Waals surface area contributed by atoms with Crippen LogP contribution in [0.2, 0.25) is 0 Å². The minimum Gasteiger partial charge on any atom is -0.383 e. The van der Waals surface area contributed by atoms with E-state index in [0.29, 0.717) is 5.82 Å². The minimum absolute atomic E-state index is 0.650. The summed E-state index contributed by atoms with van der Waals surface area (Å²) < 4.78 is 0. The second kappa shape index (κ2) is 5.33. The molecule has 0 atom stereocenters. The quantitative estimate of drug-likeness (QED) is 0.885. The van der Waals surface area contributed by atoms with Crippen molar-refractivity contribution in [3.05, 3.63) is 11.9 Å². The molecule has 2 fully saturated rings. The van der Waals surface area contributed by atoms with Gasteiger partial charge < -0.3 is 10.6 Å². The van der Waals surface area contributed by atoms with Gasteiger partial charge in [0.1, 0.15) is 18.0 Å². The number of nitrogen functional groups attached to an aromatic ring is 1. The molecule has 1 aliphatic carbocycles. The monoisotopic (exact) mass is 261 g/mol. The summed E-state index contributed by atoms with van der Waals surface area (Å²) in [4.78, 5) is 13.6. The third kappa shape index (κ3) is 2.66. The Hall–Kier alpha value is -1.36. The highest BCUT2D eigenvalue weighted by atomic mass is 15.3. The molecule has 0 spiro atoms. The van der Waals surface area contributed by atoms with E-state index in [4.69, 9.17) is 5.73 Å². The van der Waals surface area contributed by atoms with Gasteiger partial charge in [0.15, 0.2) is 0 Å². The average molecular weight is 261 g/mol. The average Bonchev–Trinajstić information content (AvgIpc) is 3.26. The molecule has 2 aliphatic rings. The fourth-order valence-electron chi connectivity index (χ4n) is 2.92. The van der Waals surface area contributed by atoms with E-state index in [-0.39, 0.29) is 0 Å². The SMILES string of the molecule is CCCc1c(N)ncnc1N1CCN(C2CC2)CC1. The summed E-state index contributed by atoms with van der Waals surface area (Å²) in [6.45, 7) is 6.59. The van der Waals surface area contributed by atoms with Gasteiger partial charge >= 0.3 is 0 Å². The van der Waals surface area contributed by atoms with Gasteiger partial charge in [-0.1, -0.05) is 13.3 Å². The molecule has 19 heavy (non-hydrogen) atoms. The summed E-state index contributed by atoms with van der Waals surface area (Å²) in [5.41, 5.74) is 7.14. The van der Waals surface area contributed by atoms with Crippen molar-refractivity contribution < 1.29 is 0 Å². The Bertz CT molecular complexity index is 435. The topological polar surface area (TPSA) is 58.3 Å². The molecule has 1 saturated heterocycles. The van der Waals surface area contributed by atoms with Gasteiger partial charge in [0.05, 0.1) is 0 Å². The number of nitrogens with two attached hydrogens (primary N) is 1. The molecule has 0 amide bonds. The molecule has 0 bridgehead atoms. The lowest BCUT2D eigenvalue weighted by molar-refractivity contribution is 0.247. The molecule has 1 aromatic rings. The summed E-state index contributed by atoms with van der Waals surface area (Å²) in [6, 6.07) is 0.868. The van der Waals surface area contributed by atoms with E-state index in [1.807, 2.05) is 0 Å². The Balaban J connectivity index is 1.73. The van der Waals surface area contributed by atoms with Crippen molar-refractivity contribution >= 4 is 11.6 Å². The zero-order valence-electron chi connectivity index (χ0n) is 11.7. The van der Waals surface area contributed by atoms with E-state index in [9.17, 15) is 0 Å². The van der Waals surface area contributed by atoms with Crippen LogP contribution in [0.25, 0.3) is 0 Å². The van der Waals surface area contributed by atoms with Crippen molar-refractivity contribution in [3.63, 3.8) is 0 Å². The molecule has 1 aromatic heterocycles. The molecular weight excluding hydrogens is 238 g/mol. The van der Waals surface area contributed by atoms with E-state index in [2.05, 4.69) is 26.7 Å². The molecule has 2 heterocycles. The summed E-state index contributed by atoms with van der Waals surface area (Å²) >= 11 is 0. The molecule has 5 heteroatoms. The maximum atomic E-state index is 6.01. The Labute approximate surface area is 114 Å². The van der Waals surface area contributed by atoms with E-state index < -0.39 is 0 Å². The fourth-order valence-corrected chi connectivity index (χ4v) is 2.92. The second-order valence-corrected chi connectivity index (χ2v) is 5.57. The summed E-state index contributed by atoms with van der Waals surface area (Å²) in [6.07, 6.45) is 6.41. The van der Waals surface area contributed by atoms with Crippen molar-refractivity contribution in [1.82, 2.24) is 14.9 Å². The molecule has 0 unspecified atom stereocenters. The zero-order chi connectivity index (χ0) is 13.2. The van der Waals surface area contributed by atoms with Crippen molar-refractivity contribution in [2.75, 3.05) is 36.8 Å². The number of aromatic nitrogens is 2. The van der Waals surface area contributed by atoms with Crippen molar-refractivity contribution in [1.29, 1.82) is 0 Å². The standard InChI is InChI=1S/C14H23N5/c1-2-3-12-13(15)16-10-17-14(12)19-8-6-18(7-9-19)11-4-5-11/h10-11H,2-9H2,1H3,(H2,15,16,17). The number of hydrogen-bond acceptors (Lipinski definition) is 5. The summed E-state index contributed by atoms with van der Waals surface area (Å²) in [5, 5.41) is 0. The van der Waals surface area contributed by atoms with Crippen LogP contribution in [0.5, 0.6) is 0 Å². The number of anilines is 2. The highest BCUT2D eigenvalue weighted by Gasteiger charge is 2.31. The van der Waals surface area contributed by atoms with Crippen LogP contribution >= 0.6 is 0 Å². The van der Waals surface area contributed by atoms with Crippen molar-refractivity contribution in [2.45, 2.75) is 38.6 Å². The highest BCUT2D eigenvalue weighted by molar-refractivity contribution is 5.57. The molecule has 0 aromatic carbocycles. The molecule has 1 aliphatic heterocycles. The normalized spacial score (nSPS) is 20.8. The predicted octanol–water partition coefficient (Wildman–Crippen LogP) is 1.30. The van der Waals surface area contributed by atoms with Gasteiger partial charge in [0.2, 0.25) is 0 Å². The van der Waals surface area contributed by atoms with Gasteiger partial charge in [-0.05, 0) is 19.3 Å². The van der Waals surface area contributed by atoms with Gasteiger partial charge in [-0.25, -0.2) is 9.97 Å². The first-order chi connectivity index (χ1) is 9.29. The third-order valence-corrected chi connectivity index (χ3v) is 4.13. The number of piperazine rings is 1. The van der Waals surface area contributed by atoms with Gasteiger partial charge in [-0.3, -0.25) is 4.90 Å². The van der Waals surface area contributed by atoms with Crippen LogP contribution in [-0.2, 0) is 6.42 Å². The van der Waals surface area contributed by atoms with Crippen LogP contribution in [0.3, 0.4) is 0 Å². The second-order valence-electron chi connectivity index (χ2n) is 5.57. The maximum Gasteiger partial charge on any atom is 0.137 e. The Morgan fingerprint density at radius 2 is 1.95 bits per heavy atom. The maximum absolute atomic E-state index is 6.01. The van der Waals surface area contributed by atoms with Crippen molar-refractivity contribution in [2.24, 2.45) is 0 Å². The van der Waals surface area contributed by atoms with Crippen LogP contribution in [0.1, 0.15) is 31.7 Å². The third-order valence-electron chi connectivity index (χ3n) is 4.13. The number of hydrogen-bond donors (Lipinski definition) is 1. The lowest BCUT2D eigenvalue weighted by Gasteiger charge is -2.36. The van der Waals surface area contributed by atoms with Gasteiger partial charge in [0.25, 0.3) is 0 Å². The van der Waals surface area contributed by atoms with E-state index in [1.165, 1.54) is 12.8 Å². The smallest absolute Gasteiger partial charge is 0.137 e. The van der Waals surface area contributed by atoms with Crippen LogP contribution < -0.4 is 10.6 Å². The lowest BCUT2D eigenvalue weighted by Crippen LogP contribution is -2.47. The molecule has 3 rings (SSSR count). The molecular formula is C14H23N5. The first kappa shape index (κ1) is 12.7. The van der Waals surface area contributed by atoms with Crippen molar-refractivity contribution in [3.8, 4) is 0 Å². The van der Waals surface area contributed by atoms with Gasteiger partial charge in [-0.2, -0.15) is 0 Å². The summed E-state index contributed by atoms with van der Waals surface area (Å²) in [7, 11) is 0. The molecule has 1 saturated carbocycles. The molecule has 104 valence electrons. The lowest BCUT2D eigenvalue weighted by atomic mass is 10.1. The summed E-state index contributed by atoms with van der Waals surface area (Å²) in [5.74, 6) is 1.71. The van der Waals surface area contributed by atoms with Gasteiger partial charge in [-0.15, -0.1) is 0 Å². The number of nitrogens with zero attached hydrogens (tertiary/aromatic N) is 4. The Kier molecular flexibility index (Phi) is 3.55. The fraction of sp³-hybridized carbons (Fsp3) is 0.714. The van der Waals surface area contributed by atoms with Crippen LogP contribution in [0, 0.1) is 0 Å². The zero-order valence-corrected chi connectivity index (χ0v) is 11.7. The van der Waals surface area contributed by atoms with Gasteiger partial charge in [0, 0.05) is 37.8 Å². The first-order valence-corrected chi connectivity index (χ1v) is 7.38. The van der Waals surface area contributed by atoms with E-state index in [0.717, 1.165) is 56.4 Å². The van der Waals surface area contributed by atoms with Crippen LogP contribution in [-0.4, -0.2) is 47.1 Å². The molecule has 2 N–H and O–H groups in total.